The quantitative estimate of drug-likeness (QED) is 0.592. The maximum atomic E-state index is 12.1. The van der Waals surface area contributed by atoms with E-state index in [9.17, 15) is 9.59 Å². The predicted octanol–water partition coefficient (Wildman–Crippen LogP) is 3.97. The smallest absolute Gasteiger partial charge is 0.315 e. The van der Waals surface area contributed by atoms with Crippen molar-refractivity contribution in [1.82, 2.24) is 15.6 Å². The van der Waals surface area contributed by atoms with Crippen LogP contribution in [0.3, 0.4) is 0 Å². The highest BCUT2D eigenvalue weighted by atomic mass is 79.9. The van der Waals surface area contributed by atoms with Gasteiger partial charge in [0.05, 0.1) is 6.54 Å². The number of hydrogen-bond donors (Lipinski definition) is 3. The largest absolute Gasteiger partial charge is 0.357 e. The lowest BCUT2D eigenvalue weighted by atomic mass is 10.2. The van der Waals surface area contributed by atoms with E-state index in [-0.39, 0.29) is 12.5 Å². The first-order valence-corrected chi connectivity index (χ1v) is 11.1. The van der Waals surface area contributed by atoms with Gasteiger partial charge in [-0.1, -0.05) is 34.8 Å². The van der Waals surface area contributed by atoms with Crippen molar-refractivity contribution in [2.24, 2.45) is 0 Å². The van der Waals surface area contributed by atoms with Crippen LogP contribution in [0.25, 0.3) is 0 Å². The van der Waals surface area contributed by atoms with Gasteiger partial charge in [-0.15, -0.1) is 0 Å². The van der Waals surface area contributed by atoms with Gasteiger partial charge in [-0.05, 0) is 55.2 Å². The molecule has 1 aliphatic rings. The number of anilines is 2. The molecule has 2 aromatic rings. The Bertz CT molecular complexity index is 864. The van der Waals surface area contributed by atoms with Crippen molar-refractivity contribution in [1.29, 1.82) is 0 Å². The second-order valence-corrected chi connectivity index (χ2v) is 8.39. The molecule has 3 amide bonds. The third-order valence-electron chi connectivity index (χ3n) is 5.06. The Hall–Kier alpha value is -2.61. The third kappa shape index (κ3) is 6.73. The molecule has 0 unspecified atom stereocenters. The van der Waals surface area contributed by atoms with Gasteiger partial charge in [-0.2, -0.15) is 0 Å². The summed E-state index contributed by atoms with van der Waals surface area (Å²) in [5.41, 5.74) is 2.58. The van der Waals surface area contributed by atoms with E-state index in [1.165, 1.54) is 25.7 Å². The molecule has 1 aromatic carbocycles. The van der Waals surface area contributed by atoms with Gasteiger partial charge in [-0.3, -0.25) is 4.79 Å². The fraction of sp³-hybridized carbons (Fsp3) is 0.409. The second kappa shape index (κ2) is 11.0. The number of hydrogen-bond acceptors (Lipinski definition) is 4. The molecule has 0 saturated carbocycles. The number of aryl methyl sites for hydroxylation is 1. The molecule has 1 aromatic heterocycles. The van der Waals surface area contributed by atoms with Gasteiger partial charge in [0.25, 0.3) is 0 Å². The van der Waals surface area contributed by atoms with Crippen molar-refractivity contribution >= 4 is 39.4 Å². The van der Waals surface area contributed by atoms with Crippen LogP contribution in [0.4, 0.5) is 16.3 Å². The second-order valence-electron chi connectivity index (χ2n) is 7.47. The first-order valence-electron chi connectivity index (χ1n) is 10.3. The van der Waals surface area contributed by atoms with Gasteiger partial charge in [-0.25, -0.2) is 9.78 Å². The van der Waals surface area contributed by atoms with E-state index in [1.54, 1.807) is 6.20 Å². The van der Waals surface area contributed by atoms with E-state index in [0.717, 1.165) is 40.2 Å². The van der Waals surface area contributed by atoms with Gasteiger partial charge in [0.15, 0.2) is 0 Å². The van der Waals surface area contributed by atoms with Crippen molar-refractivity contribution < 1.29 is 9.59 Å². The minimum Gasteiger partial charge on any atom is -0.357 e. The molecule has 2 heterocycles. The fourth-order valence-electron chi connectivity index (χ4n) is 3.38. The molecule has 1 aliphatic heterocycles. The minimum atomic E-state index is -0.394. The Balaban J connectivity index is 1.40. The van der Waals surface area contributed by atoms with Gasteiger partial charge in [0, 0.05) is 36.0 Å². The number of amides is 3. The molecule has 0 bridgehead atoms. The summed E-state index contributed by atoms with van der Waals surface area (Å²) in [6.45, 7) is 4.26. The Morgan fingerprint density at radius 1 is 1.07 bits per heavy atom. The number of carbonyl (C=O) groups is 2. The number of aromatic nitrogens is 1. The third-order valence-corrected chi connectivity index (χ3v) is 5.56. The van der Waals surface area contributed by atoms with Crippen LogP contribution < -0.4 is 20.9 Å². The zero-order valence-electron chi connectivity index (χ0n) is 17.2. The normalized spacial score (nSPS) is 14.0. The standard InChI is InChI=1S/C22H28BrN5O2/c1-16-12-18(23)7-8-19(16)27-21(29)15-26-22(30)25-14-17-6-9-20(24-13-17)28-10-4-2-3-5-11-28/h6-9,12-13H,2-5,10-11,14-15H2,1H3,(H,27,29)(H2,25,26,30). The SMILES string of the molecule is Cc1cc(Br)ccc1NC(=O)CNC(=O)NCc1ccc(N2CCCCCC2)nc1. The van der Waals surface area contributed by atoms with E-state index in [0.29, 0.717) is 6.54 Å². The molecule has 0 spiro atoms. The van der Waals surface area contributed by atoms with Crippen LogP contribution in [-0.4, -0.2) is 36.6 Å². The fourth-order valence-corrected chi connectivity index (χ4v) is 3.85. The summed E-state index contributed by atoms with van der Waals surface area (Å²) in [5.74, 6) is 0.712. The van der Waals surface area contributed by atoms with Crippen LogP contribution in [0.5, 0.6) is 0 Å². The summed E-state index contributed by atoms with van der Waals surface area (Å²) < 4.78 is 0.949. The van der Waals surface area contributed by atoms with Crippen LogP contribution in [0.15, 0.2) is 41.0 Å². The Labute approximate surface area is 185 Å². The van der Waals surface area contributed by atoms with Crippen molar-refractivity contribution in [3.8, 4) is 0 Å². The molecule has 3 N–H and O–H groups in total. The average Bonchev–Trinajstić information content (AvgIpc) is 3.03. The number of carbonyl (C=O) groups excluding carboxylic acids is 2. The number of urea groups is 1. The summed E-state index contributed by atoms with van der Waals surface area (Å²) >= 11 is 3.39. The minimum absolute atomic E-state index is 0.104. The van der Waals surface area contributed by atoms with Crippen LogP contribution in [0, 0.1) is 6.92 Å². The van der Waals surface area contributed by atoms with Gasteiger partial charge in [0.1, 0.15) is 5.82 Å². The van der Waals surface area contributed by atoms with Gasteiger partial charge < -0.3 is 20.9 Å². The number of halogens is 1. The Kier molecular flexibility index (Phi) is 8.07. The molecule has 8 heteroatoms. The summed E-state index contributed by atoms with van der Waals surface area (Å²) in [7, 11) is 0. The van der Waals surface area contributed by atoms with E-state index in [4.69, 9.17) is 0 Å². The number of benzene rings is 1. The summed E-state index contributed by atoms with van der Waals surface area (Å²) in [5, 5.41) is 8.12. The van der Waals surface area contributed by atoms with Crippen molar-refractivity contribution in [3.05, 3.63) is 52.1 Å². The van der Waals surface area contributed by atoms with E-state index < -0.39 is 6.03 Å². The molecule has 30 heavy (non-hydrogen) atoms. The predicted molar refractivity (Wildman–Crippen MR) is 123 cm³/mol. The van der Waals surface area contributed by atoms with Crippen molar-refractivity contribution in [2.75, 3.05) is 29.9 Å². The maximum absolute atomic E-state index is 12.1. The number of rotatable bonds is 6. The number of pyridine rings is 1. The van der Waals surface area contributed by atoms with Crippen LogP contribution in [0.2, 0.25) is 0 Å². The lowest BCUT2D eigenvalue weighted by molar-refractivity contribution is -0.115. The summed E-state index contributed by atoms with van der Waals surface area (Å²) in [6.07, 6.45) is 6.78. The van der Waals surface area contributed by atoms with E-state index in [1.807, 2.05) is 37.3 Å². The van der Waals surface area contributed by atoms with Gasteiger partial charge in [0.2, 0.25) is 5.91 Å². The van der Waals surface area contributed by atoms with E-state index >= 15 is 0 Å². The average molecular weight is 474 g/mol. The van der Waals surface area contributed by atoms with Crippen molar-refractivity contribution in [2.45, 2.75) is 39.2 Å². The summed E-state index contributed by atoms with van der Waals surface area (Å²) in [6, 6.07) is 9.19. The van der Waals surface area contributed by atoms with Crippen LogP contribution in [-0.2, 0) is 11.3 Å². The van der Waals surface area contributed by atoms with E-state index in [2.05, 4.69) is 41.8 Å². The number of nitrogens with one attached hydrogen (secondary N) is 3. The van der Waals surface area contributed by atoms with Crippen LogP contribution in [0.1, 0.15) is 36.8 Å². The Morgan fingerprint density at radius 3 is 2.50 bits per heavy atom. The Morgan fingerprint density at radius 2 is 1.83 bits per heavy atom. The highest BCUT2D eigenvalue weighted by molar-refractivity contribution is 9.10. The topological polar surface area (TPSA) is 86.4 Å². The molecule has 0 atom stereocenters. The molecule has 1 saturated heterocycles. The summed E-state index contributed by atoms with van der Waals surface area (Å²) in [4.78, 5) is 30.9. The van der Waals surface area contributed by atoms with Gasteiger partial charge >= 0.3 is 6.03 Å². The molecular weight excluding hydrogens is 446 g/mol. The van der Waals surface area contributed by atoms with Crippen molar-refractivity contribution in [3.63, 3.8) is 0 Å². The highest BCUT2D eigenvalue weighted by Crippen LogP contribution is 2.20. The zero-order valence-corrected chi connectivity index (χ0v) is 18.8. The molecule has 7 nitrogen and oxygen atoms in total. The first-order chi connectivity index (χ1) is 14.5. The highest BCUT2D eigenvalue weighted by Gasteiger charge is 2.11. The van der Waals surface area contributed by atoms with Crippen LogP contribution >= 0.6 is 15.9 Å². The molecule has 3 rings (SSSR count). The number of nitrogens with zero attached hydrogens (tertiary/aromatic N) is 2. The first kappa shape index (κ1) is 22.1. The molecule has 0 radical (unpaired) electrons. The molecule has 1 fully saturated rings. The lowest BCUT2D eigenvalue weighted by Crippen LogP contribution is -2.39. The maximum Gasteiger partial charge on any atom is 0.315 e. The monoisotopic (exact) mass is 473 g/mol. The molecule has 160 valence electrons. The molecular formula is C22H28BrN5O2. The lowest BCUT2D eigenvalue weighted by Gasteiger charge is -2.21. The zero-order chi connectivity index (χ0) is 21.3. The molecule has 0 aliphatic carbocycles.